The lowest BCUT2D eigenvalue weighted by molar-refractivity contribution is -0.385. The number of nitro benzene ring substituents is 1. The highest BCUT2D eigenvalue weighted by molar-refractivity contribution is 7.89. The van der Waals surface area contributed by atoms with E-state index < -0.39 is 14.9 Å². The molecule has 1 aliphatic rings. The lowest BCUT2D eigenvalue weighted by Crippen LogP contribution is -2.28. The molecule has 0 bridgehead atoms. The van der Waals surface area contributed by atoms with Crippen LogP contribution in [0.2, 0.25) is 0 Å². The number of imidazole rings is 1. The van der Waals surface area contributed by atoms with Crippen molar-refractivity contribution in [3.63, 3.8) is 0 Å². The van der Waals surface area contributed by atoms with E-state index in [0.717, 1.165) is 48.6 Å². The fraction of sp³-hybridized carbons (Fsp3) is 0.381. The molecule has 1 aliphatic heterocycles. The van der Waals surface area contributed by atoms with Gasteiger partial charge in [-0.3, -0.25) is 10.1 Å². The van der Waals surface area contributed by atoms with Crippen molar-refractivity contribution in [1.82, 2.24) is 13.9 Å². The zero-order valence-electron chi connectivity index (χ0n) is 17.3. The molecule has 31 heavy (non-hydrogen) atoms. The Balaban J connectivity index is 1.50. The number of fused-ring (bicyclic) bond motifs is 1. The standard InChI is InChI=1S/C21H25N5O4S/c1-24-19-8-3-2-7-17(19)23-21(24)9-6-12-22-18-11-10-16(26(27)28)15-20(18)31(29,30)25-13-4-5-14-25/h2-3,7-8,10-11,15,22H,4-6,9,12-14H2,1H3. The molecule has 164 valence electrons. The quantitative estimate of drug-likeness (QED) is 0.325. The van der Waals surface area contributed by atoms with Crippen molar-refractivity contribution in [2.24, 2.45) is 7.05 Å². The number of nitro groups is 1. The molecule has 9 nitrogen and oxygen atoms in total. The number of aromatic nitrogens is 2. The number of hydrogen-bond donors (Lipinski definition) is 1. The number of para-hydroxylation sites is 2. The molecule has 0 amide bonds. The number of non-ortho nitro benzene ring substituents is 1. The summed E-state index contributed by atoms with van der Waals surface area (Å²) >= 11 is 0. The van der Waals surface area contributed by atoms with Crippen molar-refractivity contribution in [2.45, 2.75) is 30.6 Å². The first-order valence-corrected chi connectivity index (χ1v) is 11.7. The van der Waals surface area contributed by atoms with Crippen LogP contribution in [0, 0.1) is 10.1 Å². The van der Waals surface area contributed by atoms with Crippen LogP contribution in [0.3, 0.4) is 0 Å². The zero-order chi connectivity index (χ0) is 22.0. The van der Waals surface area contributed by atoms with Crippen LogP contribution in [0.1, 0.15) is 25.1 Å². The molecular weight excluding hydrogens is 418 g/mol. The van der Waals surface area contributed by atoms with E-state index in [2.05, 4.69) is 14.9 Å². The van der Waals surface area contributed by atoms with E-state index in [9.17, 15) is 18.5 Å². The molecule has 1 N–H and O–H groups in total. The minimum absolute atomic E-state index is 0.0358. The summed E-state index contributed by atoms with van der Waals surface area (Å²) in [6, 6.07) is 11.9. The topological polar surface area (TPSA) is 110 Å². The van der Waals surface area contributed by atoms with Crippen LogP contribution in [0.4, 0.5) is 11.4 Å². The number of aryl methyl sites for hydroxylation is 2. The number of benzene rings is 2. The Morgan fingerprint density at radius 1 is 1.16 bits per heavy atom. The molecule has 0 spiro atoms. The van der Waals surface area contributed by atoms with E-state index in [1.807, 2.05) is 31.3 Å². The summed E-state index contributed by atoms with van der Waals surface area (Å²) in [5.41, 5.74) is 2.17. The van der Waals surface area contributed by atoms with E-state index in [4.69, 9.17) is 0 Å². The fourth-order valence-electron chi connectivity index (χ4n) is 3.94. The minimum Gasteiger partial charge on any atom is -0.384 e. The van der Waals surface area contributed by atoms with E-state index in [0.29, 0.717) is 25.3 Å². The molecule has 2 aromatic carbocycles. The third kappa shape index (κ3) is 4.26. The molecule has 4 rings (SSSR count). The Labute approximate surface area is 180 Å². The maximum Gasteiger partial charge on any atom is 0.270 e. The van der Waals surface area contributed by atoms with Crippen molar-refractivity contribution in [3.8, 4) is 0 Å². The highest BCUT2D eigenvalue weighted by Gasteiger charge is 2.30. The highest BCUT2D eigenvalue weighted by atomic mass is 32.2. The van der Waals surface area contributed by atoms with Crippen LogP contribution < -0.4 is 5.32 Å². The summed E-state index contributed by atoms with van der Waals surface area (Å²) < 4.78 is 29.6. The Hall–Kier alpha value is -2.98. The van der Waals surface area contributed by atoms with Crippen LogP contribution >= 0.6 is 0 Å². The Kier molecular flexibility index (Phi) is 5.92. The van der Waals surface area contributed by atoms with Crippen molar-refractivity contribution in [2.75, 3.05) is 25.0 Å². The summed E-state index contributed by atoms with van der Waals surface area (Å²) in [6.45, 7) is 1.40. The van der Waals surface area contributed by atoms with E-state index in [-0.39, 0.29) is 10.6 Å². The van der Waals surface area contributed by atoms with Gasteiger partial charge in [0.15, 0.2) is 0 Å². The van der Waals surface area contributed by atoms with Crippen LogP contribution in [0.5, 0.6) is 0 Å². The molecule has 2 heterocycles. The molecule has 10 heteroatoms. The van der Waals surface area contributed by atoms with Crippen molar-refractivity contribution >= 4 is 32.4 Å². The van der Waals surface area contributed by atoms with Crippen LogP contribution in [-0.2, 0) is 23.5 Å². The SMILES string of the molecule is Cn1c(CCCNc2ccc([N+](=O)[O-])cc2S(=O)(=O)N2CCCC2)nc2ccccc21. The van der Waals surface area contributed by atoms with Gasteiger partial charge < -0.3 is 9.88 Å². The molecule has 1 aromatic heterocycles. The predicted molar refractivity (Wildman–Crippen MR) is 119 cm³/mol. The number of hydrogen-bond acceptors (Lipinski definition) is 6. The van der Waals surface area contributed by atoms with Gasteiger partial charge in [-0.05, 0) is 37.5 Å². The van der Waals surface area contributed by atoms with Gasteiger partial charge in [-0.15, -0.1) is 0 Å². The van der Waals surface area contributed by atoms with Gasteiger partial charge in [0.25, 0.3) is 5.69 Å². The molecule has 0 aliphatic carbocycles. The number of nitrogens with one attached hydrogen (secondary N) is 1. The van der Waals surface area contributed by atoms with Crippen LogP contribution in [-0.4, -0.2) is 46.8 Å². The summed E-state index contributed by atoms with van der Waals surface area (Å²) in [4.78, 5) is 15.3. The summed E-state index contributed by atoms with van der Waals surface area (Å²) in [5.74, 6) is 0.955. The van der Waals surface area contributed by atoms with Crippen molar-refractivity contribution in [3.05, 3.63) is 58.4 Å². The summed E-state index contributed by atoms with van der Waals surface area (Å²) in [6.07, 6.45) is 3.06. The average Bonchev–Trinajstić information content (AvgIpc) is 3.41. The van der Waals surface area contributed by atoms with Gasteiger partial charge in [0.05, 0.1) is 21.6 Å². The van der Waals surface area contributed by atoms with E-state index in [1.54, 1.807) is 0 Å². The fourth-order valence-corrected chi connectivity index (χ4v) is 5.65. The largest absolute Gasteiger partial charge is 0.384 e. The predicted octanol–water partition coefficient (Wildman–Crippen LogP) is 3.31. The third-order valence-corrected chi connectivity index (χ3v) is 7.57. The van der Waals surface area contributed by atoms with Crippen LogP contribution in [0.25, 0.3) is 11.0 Å². The van der Waals surface area contributed by atoms with E-state index in [1.165, 1.54) is 16.4 Å². The Morgan fingerprint density at radius 3 is 2.61 bits per heavy atom. The first kappa shape index (κ1) is 21.3. The Bertz CT molecular complexity index is 1220. The van der Waals surface area contributed by atoms with Gasteiger partial charge >= 0.3 is 0 Å². The van der Waals surface area contributed by atoms with Gasteiger partial charge in [-0.25, -0.2) is 13.4 Å². The number of rotatable bonds is 8. The van der Waals surface area contributed by atoms with Gasteiger partial charge in [0.2, 0.25) is 10.0 Å². The zero-order valence-corrected chi connectivity index (χ0v) is 18.1. The normalized spacial score (nSPS) is 14.9. The maximum atomic E-state index is 13.1. The number of anilines is 1. The molecule has 1 saturated heterocycles. The third-order valence-electron chi connectivity index (χ3n) is 5.63. The first-order valence-electron chi connectivity index (χ1n) is 10.3. The second-order valence-electron chi connectivity index (χ2n) is 7.65. The summed E-state index contributed by atoms with van der Waals surface area (Å²) in [5, 5.41) is 14.4. The molecular formula is C21H25N5O4S. The number of nitrogens with zero attached hydrogens (tertiary/aromatic N) is 4. The van der Waals surface area contributed by atoms with Gasteiger partial charge in [0, 0.05) is 45.2 Å². The minimum atomic E-state index is -3.79. The highest BCUT2D eigenvalue weighted by Crippen LogP contribution is 2.30. The van der Waals surface area contributed by atoms with Gasteiger partial charge in [-0.1, -0.05) is 12.1 Å². The number of sulfonamides is 1. The lowest BCUT2D eigenvalue weighted by Gasteiger charge is -2.18. The van der Waals surface area contributed by atoms with Crippen molar-refractivity contribution < 1.29 is 13.3 Å². The second-order valence-corrected chi connectivity index (χ2v) is 9.56. The lowest BCUT2D eigenvalue weighted by atomic mass is 10.2. The smallest absolute Gasteiger partial charge is 0.270 e. The van der Waals surface area contributed by atoms with Gasteiger partial charge in [0.1, 0.15) is 10.7 Å². The molecule has 3 aromatic rings. The Morgan fingerprint density at radius 2 is 1.90 bits per heavy atom. The molecule has 0 unspecified atom stereocenters. The second kappa shape index (κ2) is 8.64. The molecule has 0 saturated carbocycles. The molecule has 0 atom stereocenters. The molecule has 1 fully saturated rings. The maximum absolute atomic E-state index is 13.1. The van der Waals surface area contributed by atoms with Gasteiger partial charge in [-0.2, -0.15) is 4.31 Å². The van der Waals surface area contributed by atoms with Crippen LogP contribution in [0.15, 0.2) is 47.4 Å². The van der Waals surface area contributed by atoms with E-state index >= 15 is 0 Å². The molecule has 0 radical (unpaired) electrons. The first-order chi connectivity index (χ1) is 14.9. The monoisotopic (exact) mass is 443 g/mol. The summed E-state index contributed by atoms with van der Waals surface area (Å²) in [7, 11) is -1.81. The van der Waals surface area contributed by atoms with Crippen molar-refractivity contribution in [1.29, 1.82) is 0 Å². The average molecular weight is 444 g/mol.